The van der Waals surface area contributed by atoms with E-state index in [1.807, 2.05) is 0 Å². The van der Waals surface area contributed by atoms with Gasteiger partial charge in [-0.2, -0.15) is 0 Å². The molecule has 1 N–H and O–H groups in total. The van der Waals surface area contributed by atoms with Crippen molar-refractivity contribution in [3.63, 3.8) is 0 Å². The van der Waals surface area contributed by atoms with Crippen LogP contribution in [-0.2, 0) is 4.74 Å². The third-order valence-electron chi connectivity index (χ3n) is 3.47. The summed E-state index contributed by atoms with van der Waals surface area (Å²) in [5.74, 6) is 0.883. The van der Waals surface area contributed by atoms with E-state index in [4.69, 9.17) is 4.74 Å². The fourth-order valence-corrected chi connectivity index (χ4v) is 2.41. The molecule has 0 aromatic rings. The maximum atomic E-state index is 5.73. The van der Waals surface area contributed by atoms with Crippen molar-refractivity contribution in [1.82, 2.24) is 5.32 Å². The van der Waals surface area contributed by atoms with Crippen LogP contribution in [0.25, 0.3) is 0 Å². The zero-order valence-electron chi connectivity index (χ0n) is 11.0. The Bertz CT molecular complexity index is 144. The SMILES string of the molecule is CCNCCCCCCOCC1CCCC1. The predicted molar refractivity (Wildman–Crippen MR) is 69.8 cm³/mol. The van der Waals surface area contributed by atoms with Crippen LogP contribution in [0.1, 0.15) is 58.3 Å². The number of hydrogen-bond donors (Lipinski definition) is 1. The van der Waals surface area contributed by atoms with Crippen LogP contribution in [0.2, 0.25) is 0 Å². The summed E-state index contributed by atoms with van der Waals surface area (Å²) in [6.07, 6.45) is 10.9. The van der Waals surface area contributed by atoms with Crippen LogP contribution in [0.5, 0.6) is 0 Å². The molecule has 0 amide bonds. The van der Waals surface area contributed by atoms with Crippen LogP contribution >= 0.6 is 0 Å². The second-order valence-electron chi connectivity index (χ2n) is 4.99. The highest BCUT2D eigenvalue weighted by Crippen LogP contribution is 2.24. The standard InChI is InChI=1S/C14H29NO/c1-2-15-11-7-3-4-8-12-16-13-14-9-5-6-10-14/h14-15H,2-13H2,1H3. The Kier molecular flexibility index (Phi) is 8.83. The molecule has 0 bridgehead atoms. The largest absolute Gasteiger partial charge is 0.381 e. The highest BCUT2D eigenvalue weighted by atomic mass is 16.5. The van der Waals surface area contributed by atoms with Crippen LogP contribution in [-0.4, -0.2) is 26.3 Å². The molecule has 0 atom stereocenters. The molecule has 0 spiro atoms. The number of ether oxygens (including phenoxy) is 1. The minimum Gasteiger partial charge on any atom is -0.381 e. The van der Waals surface area contributed by atoms with Crippen molar-refractivity contribution in [3.8, 4) is 0 Å². The Labute approximate surface area is 101 Å². The van der Waals surface area contributed by atoms with Gasteiger partial charge in [0.05, 0.1) is 0 Å². The lowest BCUT2D eigenvalue weighted by Gasteiger charge is -2.09. The number of unbranched alkanes of at least 4 members (excludes halogenated alkanes) is 3. The molecule has 1 fully saturated rings. The molecule has 0 aromatic heterocycles. The number of rotatable bonds is 10. The highest BCUT2D eigenvalue weighted by molar-refractivity contribution is 4.66. The van der Waals surface area contributed by atoms with Gasteiger partial charge in [0.2, 0.25) is 0 Å². The summed E-state index contributed by atoms with van der Waals surface area (Å²) in [5, 5.41) is 3.36. The van der Waals surface area contributed by atoms with Crippen molar-refractivity contribution in [2.45, 2.75) is 58.3 Å². The molecule has 96 valence electrons. The lowest BCUT2D eigenvalue weighted by molar-refractivity contribution is 0.0979. The fourth-order valence-electron chi connectivity index (χ4n) is 2.41. The minimum absolute atomic E-state index is 0.883. The molecule has 2 heteroatoms. The first-order chi connectivity index (χ1) is 7.93. The van der Waals surface area contributed by atoms with Gasteiger partial charge in [-0.25, -0.2) is 0 Å². The molecule has 0 saturated heterocycles. The van der Waals surface area contributed by atoms with E-state index in [0.29, 0.717) is 0 Å². The molecule has 2 nitrogen and oxygen atoms in total. The molecule has 1 aliphatic carbocycles. The third-order valence-corrected chi connectivity index (χ3v) is 3.47. The summed E-state index contributed by atoms with van der Waals surface area (Å²) < 4.78 is 5.73. The first kappa shape index (κ1) is 14.0. The fraction of sp³-hybridized carbons (Fsp3) is 1.00. The normalized spacial score (nSPS) is 17.1. The monoisotopic (exact) mass is 227 g/mol. The van der Waals surface area contributed by atoms with Gasteiger partial charge in [0.15, 0.2) is 0 Å². The molecule has 1 rings (SSSR count). The Morgan fingerprint density at radius 1 is 1.06 bits per heavy atom. The van der Waals surface area contributed by atoms with E-state index in [1.165, 1.54) is 57.9 Å². The predicted octanol–water partition coefficient (Wildman–Crippen LogP) is 3.36. The summed E-state index contributed by atoms with van der Waals surface area (Å²) in [6, 6.07) is 0. The zero-order chi connectivity index (χ0) is 11.5. The molecule has 0 unspecified atom stereocenters. The van der Waals surface area contributed by atoms with Gasteiger partial charge in [0.1, 0.15) is 0 Å². The van der Waals surface area contributed by atoms with E-state index in [9.17, 15) is 0 Å². The second kappa shape index (κ2) is 10.1. The number of nitrogens with one attached hydrogen (secondary N) is 1. The van der Waals surface area contributed by atoms with Crippen LogP contribution in [0.15, 0.2) is 0 Å². The molecule has 0 radical (unpaired) electrons. The number of hydrogen-bond acceptors (Lipinski definition) is 2. The van der Waals surface area contributed by atoms with Crippen LogP contribution in [0.4, 0.5) is 0 Å². The van der Waals surface area contributed by atoms with Gasteiger partial charge >= 0.3 is 0 Å². The molecule has 16 heavy (non-hydrogen) atoms. The van der Waals surface area contributed by atoms with E-state index in [0.717, 1.165) is 25.7 Å². The van der Waals surface area contributed by atoms with Crippen LogP contribution in [0.3, 0.4) is 0 Å². The third kappa shape index (κ3) is 7.24. The summed E-state index contributed by atoms with van der Waals surface area (Å²) >= 11 is 0. The van der Waals surface area contributed by atoms with Gasteiger partial charge in [-0.3, -0.25) is 0 Å². The summed E-state index contributed by atoms with van der Waals surface area (Å²) in [7, 11) is 0. The molecule has 1 aliphatic rings. The van der Waals surface area contributed by atoms with Crippen molar-refractivity contribution in [2.24, 2.45) is 5.92 Å². The van der Waals surface area contributed by atoms with Crippen molar-refractivity contribution < 1.29 is 4.74 Å². The molecule has 0 aliphatic heterocycles. The first-order valence-corrected chi connectivity index (χ1v) is 7.22. The molecule has 1 saturated carbocycles. The van der Waals surface area contributed by atoms with Crippen molar-refractivity contribution in [3.05, 3.63) is 0 Å². The van der Waals surface area contributed by atoms with Crippen molar-refractivity contribution >= 4 is 0 Å². The lowest BCUT2D eigenvalue weighted by atomic mass is 10.1. The Morgan fingerprint density at radius 2 is 1.81 bits per heavy atom. The van der Waals surface area contributed by atoms with Gasteiger partial charge in [-0.1, -0.05) is 32.6 Å². The lowest BCUT2D eigenvalue weighted by Crippen LogP contribution is -2.13. The van der Waals surface area contributed by atoms with E-state index in [-0.39, 0.29) is 0 Å². The van der Waals surface area contributed by atoms with Gasteiger partial charge in [-0.05, 0) is 44.7 Å². The van der Waals surface area contributed by atoms with Gasteiger partial charge in [-0.15, -0.1) is 0 Å². The topological polar surface area (TPSA) is 21.3 Å². The Hall–Kier alpha value is -0.0800. The Balaban J connectivity index is 1.71. The van der Waals surface area contributed by atoms with Crippen molar-refractivity contribution in [1.29, 1.82) is 0 Å². The highest BCUT2D eigenvalue weighted by Gasteiger charge is 2.14. The molecule has 0 heterocycles. The minimum atomic E-state index is 0.883. The maximum absolute atomic E-state index is 5.73. The van der Waals surface area contributed by atoms with E-state index >= 15 is 0 Å². The molecule has 0 aromatic carbocycles. The second-order valence-corrected chi connectivity index (χ2v) is 4.99. The smallest absolute Gasteiger partial charge is 0.0494 e. The van der Waals surface area contributed by atoms with E-state index < -0.39 is 0 Å². The molecular formula is C14H29NO. The average molecular weight is 227 g/mol. The van der Waals surface area contributed by atoms with Crippen molar-refractivity contribution in [2.75, 3.05) is 26.3 Å². The summed E-state index contributed by atoms with van der Waals surface area (Å²) in [5.41, 5.74) is 0. The van der Waals surface area contributed by atoms with E-state index in [1.54, 1.807) is 0 Å². The maximum Gasteiger partial charge on any atom is 0.0494 e. The first-order valence-electron chi connectivity index (χ1n) is 7.22. The van der Waals surface area contributed by atoms with Gasteiger partial charge in [0.25, 0.3) is 0 Å². The Morgan fingerprint density at radius 3 is 2.56 bits per heavy atom. The van der Waals surface area contributed by atoms with Gasteiger partial charge in [0, 0.05) is 13.2 Å². The van der Waals surface area contributed by atoms with Crippen LogP contribution < -0.4 is 5.32 Å². The average Bonchev–Trinajstić information content (AvgIpc) is 2.80. The summed E-state index contributed by atoms with van der Waals surface area (Å²) in [6.45, 7) is 6.45. The zero-order valence-corrected chi connectivity index (χ0v) is 11.0. The molecular weight excluding hydrogens is 198 g/mol. The van der Waals surface area contributed by atoms with Gasteiger partial charge < -0.3 is 10.1 Å². The quantitative estimate of drug-likeness (QED) is 0.578. The summed E-state index contributed by atoms with van der Waals surface area (Å²) in [4.78, 5) is 0. The van der Waals surface area contributed by atoms with E-state index in [2.05, 4.69) is 12.2 Å². The van der Waals surface area contributed by atoms with Crippen LogP contribution in [0, 0.1) is 5.92 Å².